The minimum absolute atomic E-state index is 0.0110. The van der Waals surface area contributed by atoms with Gasteiger partial charge in [-0.2, -0.15) is 0 Å². The average Bonchev–Trinajstić information content (AvgIpc) is 3.08. The number of hydrogen-bond acceptors (Lipinski definition) is 3. The maximum absolute atomic E-state index is 12.4. The molecule has 1 amide bonds. The summed E-state index contributed by atoms with van der Waals surface area (Å²) >= 11 is 12.4. The molecule has 3 nitrogen and oxygen atoms in total. The average molecular weight is 303 g/mol. The van der Waals surface area contributed by atoms with Crippen molar-refractivity contribution >= 4 is 46.1 Å². The molecular formula is C12H15ClN2OS2. The molecule has 1 saturated carbocycles. The lowest BCUT2D eigenvalue weighted by Gasteiger charge is -2.21. The van der Waals surface area contributed by atoms with Crippen molar-refractivity contribution in [2.24, 2.45) is 5.73 Å². The van der Waals surface area contributed by atoms with Crippen LogP contribution in [0, 0.1) is 6.92 Å². The number of hydrogen-bond donors (Lipinski definition) is 1. The van der Waals surface area contributed by atoms with E-state index < -0.39 is 0 Å². The molecule has 0 unspecified atom stereocenters. The van der Waals surface area contributed by atoms with Crippen LogP contribution in [0.2, 0.25) is 5.02 Å². The van der Waals surface area contributed by atoms with Crippen molar-refractivity contribution in [1.82, 2.24) is 4.90 Å². The lowest BCUT2D eigenvalue weighted by atomic mass is 10.3. The van der Waals surface area contributed by atoms with Gasteiger partial charge in [0.25, 0.3) is 5.91 Å². The summed E-state index contributed by atoms with van der Waals surface area (Å²) in [6.45, 7) is 2.50. The van der Waals surface area contributed by atoms with Crippen LogP contribution in [0.25, 0.3) is 0 Å². The number of halogens is 1. The third-order valence-corrected chi connectivity index (χ3v) is 4.83. The summed E-state index contributed by atoms with van der Waals surface area (Å²) < 4.78 is 0. The molecule has 1 aliphatic carbocycles. The Bertz CT molecular complexity index is 482. The Hall–Kier alpha value is -0.650. The van der Waals surface area contributed by atoms with Crippen LogP contribution in [0.1, 0.15) is 34.5 Å². The van der Waals surface area contributed by atoms with Crippen LogP contribution in [0.15, 0.2) is 5.38 Å². The molecule has 18 heavy (non-hydrogen) atoms. The first-order valence-electron chi connectivity index (χ1n) is 5.83. The molecule has 98 valence electrons. The van der Waals surface area contributed by atoms with Crippen molar-refractivity contribution in [1.29, 1.82) is 0 Å². The van der Waals surface area contributed by atoms with Gasteiger partial charge in [0.05, 0.1) is 10.0 Å². The number of nitrogens with zero attached hydrogens (tertiary/aromatic N) is 1. The first kappa shape index (κ1) is 13.8. The van der Waals surface area contributed by atoms with Crippen LogP contribution < -0.4 is 5.73 Å². The summed E-state index contributed by atoms with van der Waals surface area (Å²) in [4.78, 5) is 15.4. The minimum atomic E-state index is 0.0110. The predicted molar refractivity (Wildman–Crippen MR) is 79.5 cm³/mol. The molecule has 0 saturated heterocycles. The highest BCUT2D eigenvalue weighted by Crippen LogP contribution is 2.33. The van der Waals surface area contributed by atoms with E-state index in [4.69, 9.17) is 29.6 Å². The molecule has 0 atom stereocenters. The molecule has 1 aliphatic rings. The van der Waals surface area contributed by atoms with Crippen LogP contribution in [0.5, 0.6) is 0 Å². The van der Waals surface area contributed by atoms with Crippen molar-refractivity contribution in [3.05, 3.63) is 20.8 Å². The maximum Gasteiger partial charge on any atom is 0.265 e. The van der Waals surface area contributed by atoms with Crippen LogP contribution in [-0.2, 0) is 0 Å². The molecule has 1 aromatic heterocycles. The highest BCUT2D eigenvalue weighted by atomic mass is 35.5. The molecular weight excluding hydrogens is 288 g/mol. The molecule has 0 radical (unpaired) electrons. The normalized spacial score (nSPS) is 14.6. The Morgan fingerprint density at radius 2 is 2.33 bits per heavy atom. The van der Waals surface area contributed by atoms with Crippen molar-refractivity contribution in [3.63, 3.8) is 0 Å². The largest absolute Gasteiger partial charge is 0.393 e. The minimum Gasteiger partial charge on any atom is -0.393 e. The number of thiocarbonyl (C=S) groups is 1. The lowest BCUT2D eigenvalue weighted by molar-refractivity contribution is 0.0753. The zero-order chi connectivity index (χ0) is 13.3. The van der Waals surface area contributed by atoms with E-state index in [0.717, 1.165) is 18.4 Å². The van der Waals surface area contributed by atoms with Crippen molar-refractivity contribution in [2.75, 3.05) is 6.54 Å². The van der Waals surface area contributed by atoms with Gasteiger partial charge in [0, 0.05) is 19.0 Å². The predicted octanol–water partition coefficient (Wildman–Crippen LogP) is 2.99. The standard InChI is InChI=1S/C12H15ClN2OS2/c1-7-6-18-11(10(7)13)12(16)15(8-2-3-8)5-4-9(14)17/h6,8H,2-5H2,1H3,(H2,14,17). The Labute approximate surface area is 121 Å². The third-order valence-electron chi connectivity index (χ3n) is 2.94. The second-order valence-electron chi connectivity index (χ2n) is 4.51. The van der Waals surface area contributed by atoms with Gasteiger partial charge in [-0.05, 0) is 30.7 Å². The van der Waals surface area contributed by atoms with Gasteiger partial charge in [-0.25, -0.2) is 0 Å². The molecule has 2 N–H and O–H groups in total. The van der Waals surface area contributed by atoms with E-state index >= 15 is 0 Å². The highest BCUT2D eigenvalue weighted by molar-refractivity contribution is 7.80. The third kappa shape index (κ3) is 3.02. The van der Waals surface area contributed by atoms with E-state index in [1.165, 1.54) is 11.3 Å². The monoisotopic (exact) mass is 302 g/mol. The van der Waals surface area contributed by atoms with Gasteiger partial charge in [-0.1, -0.05) is 23.8 Å². The molecule has 0 spiro atoms. The van der Waals surface area contributed by atoms with Crippen LogP contribution >= 0.6 is 35.2 Å². The Kier molecular flexibility index (Phi) is 4.25. The fourth-order valence-corrected chi connectivity index (χ4v) is 3.09. The second-order valence-corrected chi connectivity index (χ2v) is 6.29. The smallest absolute Gasteiger partial charge is 0.265 e. The molecule has 0 bridgehead atoms. The fraction of sp³-hybridized carbons (Fsp3) is 0.500. The molecule has 1 heterocycles. The van der Waals surface area contributed by atoms with Crippen molar-refractivity contribution in [3.8, 4) is 0 Å². The summed E-state index contributed by atoms with van der Waals surface area (Å²) in [5.74, 6) is 0.0110. The molecule has 2 rings (SSSR count). The van der Waals surface area contributed by atoms with Gasteiger partial charge >= 0.3 is 0 Å². The number of rotatable bonds is 5. The molecule has 0 aliphatic heterocycles. The van der Waals surface area contributed by atoms with Crippen molar-refractivity contribution < 1.29 is 4.79 Å². The topological polar surface area (TPSA) is 46.3 Å². The first-order chi connectivity index (χ1) is 8.50. The zero-order valence-corrected chi connectivity index (χ0v) is 12.5. The summed E-state index contributed by atoms with van der Waals surface area (Å²) in [5, 5.41) is 2.49. The van der Waals surface area contributed by atoms with E-state index in [0.29, 0.717) is 33.9 Å². The van der Waals surface area contributed by atoms with Gasteiger partial charge in [0.15, 0.2) is 0 Å². The van der Waals surface area contributed by atoms with E-state index in [2.05, 4.69) is 0 Å². The Morgan fingerprint density at radius 1 is 1.67 bits per heavy atom. The Morgan fingerprint density at radius 3 is 2.78 bits per heavy atom. The second kappa shape index (κ2) is 5.55. The number of amides is 1. The number of carbonyl (C=O) groups is 1. The summed E-state index contributed by atoms with van der Waals surface area (Å²) in [6.07, 6.45) is 2.69. The Balaban J connectivity index is 2.13. The maximum atomic E-state index is 12.4. The highest BCUT2D eigenvalue weighted by Gasteiger charge is 2.34. The number of aryl methyl sites for hydroxylation is 1. The van der Waals surface area contributed by atoms with E-state index in [-0.39, 0.29) is 5.91 Å². The van der Waals surface area contributed by atoms with Crippen molar-refractivity contribution in [2.45, 2.75) is 32.2 Å². The fourth-order valence-electron chi connectivity index (χ4n) is 1.77. The van der Waals surface area contributed by atoms with E-state index in [1.807, 2.05) is 17.2 Å². The number of thiophene rings is 1. The molecule has 1 fully saturated rings. The van der Waals surface area contributed by atoms with Crippen LogP contribution in [0.3, 0.4) is 0 Å². The SMILES string of the molecule is Cc1csc(C(=O)N(CCC(N)=S)C2CC2)c1Cl. The summed E-state index contributed by atoms with van der Waals surface area (Å²) in [7, 11) is 0. The quantitative estimate of drug-likeness (QED) is 0.851. The number of nitrogens with two attached hydrogens (primary N) is 1. The first-order valence-corrected chi connectivity index (χ1v) is 7.50. The van der Waals surface area contributed by atoms with Gasteiger partial charge in [-0.3, -0.25) is 4.79 Å². The van der Waals surface area contributed by atoms with Gasteiger partial charge in [-0.15, -0.1) is 11.3 Å². The van der Waals surface area contributed by atoms with E-state index in [1.54, 1.807) is 0 Å². The van der Waals surface area contributed by atoms with Gasteiger partial charge in [0.1, 0.15) is 4.88 Å². The lowest BCUT2D eigenvalue weighted by Crippen LogP contribution is -2.35. The molecule has 0 aromatic carbocycles. The summed E-state index contributed by atoms with van der Waals surface area (Å²) in [6, 6.07) is 0.338. The van der Waals surface area contributed by atoms with E-state index in [9.17, 15) is 4.79 Å². The van der Waals surface area contributed by atoms with Crippen LogP contribution in [-0.4, -0.2) is 28.4 Å². The van der Waals surface area contributed by atoms with Gasteiger partial charge in [0.2, 0.25) is 0 Å². The number of carbonyl (C=O) groups excluding carboxylic acids is 1. The van der Waals surface area contributed by atoms with Crippen LogP contribution in [0.4, 0.5) is 0 Å². The molecule has 1 aromatic rings. The summed E-state index contributed by atoms with van der Waals surface area (Å²) in [5.41, 5.74) is 6.46. The zero-order valence-electron chi connectivity index (χ0n) is 10.1. The van der Waals surface area contributed by atoms with Gasteiger partial charge < -0.3 is 10.6 Å². The molecule has 6 heteroatoms.